The number of rotatable bonds is 0. The van der Waals surface area contributed by atoms with Crippen molar-refractivity contribution in [3.8, 4) is 0 Å². The third-order valence-electron chi connectivity index (χ3n) is 3.27. The first kappa shape index (κ1) is 12.6. The van der Waals surface area contributed by atoms with Crippen molar-refractivity contribution in [1.82, 2.24) is 0 Å². The lowest BCUT2D eigenvalue weighted by Gasteiger charge is -2.29. The summed E-state index contributed by atoms with van der Waals surface area (Å²) in [6, 6.07) is 0. The van der Waals surface area contributed by atoms with Gasteiger partial charge >= 0.3 is 5.97 Å². The third-order valence-corrected chi connectivity index (χ3v) is 6.92. The maximum Gasteiger partial charge on any atom is 0.306 e. The quantitative estimate of drug-likeness (QED) is 0.623. The van der Waals surface area contributed by atoms with Gasteiger partial charge in [0.2, 0.25) is 0 Å². The van der Waals surface area contributed by atoms with Gasteiger partial charge in [0.05, 0.1) is 10.2 Å². The molecule has 0 amide bonds. The van der Waals surface area contributed by atoms with Crippen LogP contribution in [-0.2, 0) is 9.53 Å². The van der Waals surface area contributed by atoms with Gasteiger partial charge in [0.15, 0.2) is 0 Å². The molecule has 0 aliphatic carbocycles. The Kier molecular flexibility index (Phi) is 4.48. The van der Waals surface area contributed by atoms with E-state index in [1.807, 2.05) is 6.92 Å². The van der Waals surface area contributed by atoms with Crippen molar-refractivity contribution in [3.63, 3.8) is 0 Å². The zero-order valence-corrected chi connectivity index (χ0v) is 11.5. The molecule has 0 aromatic heterocycles. The minimum Gasteiger partial charge on any atom is -0.463 e. The summed E-state index contributed by atoms with van der Waals surface area (Å²) in [6.45, 7) is 2.03. The Bertz CT molecular complexity index is 249. The number of carbonyl (C=O) groups excluding carboxylic acids is 1. The average Bonchev–Trinajstić information content (AvgIpc) is 2.71. The van der Waals surface area contributed by atoms with E-state index in [0.717, 1.165) is 12.8 Å². The van der Waals surface area contributed by atoms with Gasteiger partial charge in [-0.3, -0.25) is 4.79 Å². The maximum atomic E-state index is 11.4. The van der Waals surface area contributed by atoms with E-state index in [0.29, 0.717) is 10.5 Å². The second-order valence-corrected chi connectivity index (χ2v) is 7.87. The Balaban J connectivity index is 1.95. The first-order valence-corrected chi connectivity index (χ1v) is 8.15. The molecular weight excluding hydrogens is 240 g/mol. The highest BCUT2D eigenvalue weighted by molar-refractivity contribution is 8.21. The van der Waals surface area contributed by atoms with E-state index >= 15 is 0 Å². The van der Waals surface area contributed by atoms with Crippen molar-refractivity contribution < 1.29 is 9.53 Å². The van der Waals surface area contributed by atoms with Gasteiger partial charge in [0, 0.05) is 17.9 Å². The second-order valence-electron chi connectivity index (χ2n) is 4.65. The summed E-state index contributed by atoms with van der Waals surface area (Å²) in [4.78, 5) is 11.4. The van der Waals surface area contributed by atoms with E-state index in [1.165, 1.54) is 30.8 Å². The lowest BCUT2D eigenvalue weighted by atomic mass is 10.0. The van der Waals surface area contributed by atoms with Crippen LogP contribution >= 0.6 is 23.5 Å². The third kappa shape index (κ3) is 3.33. The van der Waals surface area contributed by atoms with Crippen LogP contribution in [0.15, 0.2) is 0 Å². The maximum absolute atomic E-state index is 11.4. The Morgan fingerprint density at radius 1 is 1.25 bits per heavy atom. The molecule has 0 radical (unpaired) electrons. The fourth-order valence-electron chi connectivity index (χ4n) is 2.34. The number of thioether (sulfide) groups is 2. The molecule has 0 aromatic rings. The zero-order valence-electron chi connectivity index (χ0n) is 9.87. The molecule has 2 fully saturated rings. The monoisotopic (exact) mass is 260 g/mol. The molecule has 2 nitrogen and oxygen atoms in total. The van der Waals surface area contributed by atoms with E-state index in [-0.39, 0.29) is 12.1 Å². The summed E-state index contributed by atoms with van der Waals surface area (Å²) in [5.74, 6) is 2.58. The minimum absolute atomic E-state index is 0.00446. The molecule has 2 saturated heterocycles. The number of carbonyl (C=O) groups is 1. The van der Waals surface area contributed by atoms with Crippen LogP contribution in [0.4, 0.5) is 0 Å². The molecule has 4 heteroatoms. The minimum atomic E-state index is -0.00446. The lowest BCUT2D eigenvalue weighted by Crippen LogP contribution is -2.23. The molecule has 0 bridgehead atoms. The standard InChI is InChI=1S/C12H20O2S2/c1-10-5-7-12(15-8-9-16-12)6-3-2-4-11(13)14-10/h10H,2-9H2,1H3/t10-/m1/s1. The van der Waals surface area contributed by atoms with Crippen LogP contribution < -0.4 is 0 Å². The SMILES string of the molecule is C[C@@H]1CCC2(CCCCC(=O)O1)SCCS2. The summed E-state index contributed by atoms with van der Waals surface area (Å²) in [7, 11) is 0. The number of esters is 1. The van der Waals surface area contributed by atoms with Crippen LogP contribution in [0.2, 0.25) is 0 Å². The lowest BCUT2D eigenvalue weighted by molar-refractivity contribution is -0.148. The first-order chi connectivity index (χ1) is 7.70. The molecule has 0 saturated carbocycles. The number of hydrogen-bond acceptors (Lipinski definition) is 4. The van der Waals surface area contributed by atoms with Crippen molar-refractivity contribution in [1.29, 1.82) is 0 Å². The van der Waals surface area contributed by atoms with Gasteiger partial charge in [-0.25, -0.2) is 0 Å². The average molecular weight is 260 g/mol. The highest BCUT2D eigenvalue weighted by Gasteiger charge is 2.35. The van der Waals surface area contributed by atoms with Gasteiger partial charge in [-0.15, -0.1) is 23.5 Å². The van der Waals surface area contributed by atoms with Gasteiger partial charge in [0.1, 0.15) is 0 Å². The van der Waals surface area contributed by atoms with Crippen molar-refractivity contribution in [2.75, 3.05) is 11.5 Å². The largest absolute Gasteiger partial charge is 0.463 e. The Hall–Kier alpha value is 0.170. The van der Waals surface area contributed by atoms with Gasteiger partial charge in [-0.2, -0.15) is 0 Å². The van der Waals surface area contributed by atoms with E-state index in [2.05, 4.69) is 23.5 Å². The van der Waals surface area contributed by atoms with Gasteiger partial charge in [-0.05, 0) is 32.6 Å². The van der Waals surface area contributed by atoms with Gasteiger partial charge < -0.3 is 4.74 Å². The van der Waals surface area contributed by atoms with Crippen LogP contribution in [0, 0.1) is 0 Å². The topological polar surface area (TPSA) is 26.3 Å². The van der Waals surface area contributed by atoms with Crippen molar-refractivity contribution >= 4 is 29.5 Å². The summed E-state index contributed by atoms with van der Waals surface area (Å²) in [5, 5.41) is 0. The summed E-state index contributed by atoms with van der Waals surface area (Å²) >= 11 is 4.26. The van der Waals surface area contributed by atoms with Crippen LogP contribution in [0.3, 0.4) is 0 Å². The second kappa shape index (κ2) is 5.67. The molecule has 1 atom stereocenters. The Morgan fingerprint density at radius 2 is 2.00 bits per heavy atom. The number of ether oxygens (including phenoxy) is 1. The number of hydrogen-bond donors (Lipinski definition) is 0. The van der Waals surface area contributed by atoms with E-state index in [4.69, 9.17) is 4.74 Å². The van der Waals surface area contributed by atoms with Gasteiger partial charge in [0.25, 0.3) is 0 Å². The van der Waals surface area contributed by atoms with E-state index < -0.39 is 0 Å². The molecule has 92 valence electrons. The number of cyclic esters (lactones) is 1. The van der Waals surface area contributed by atoms with Gasteiger partial charge in [-0.1, -0.05) is 6.42 Å². The molecule has 0 unspecified atom stereocenters. The molecule has 2 aliphatic heterocycles. The fraction of sp³-hybridized carbons (Fsp3) is 0.917. The molecule has 2 heterocycles. The van der Waals surface area contributed by atoms with Crippen molar-refractivity contribution in [2.45, 2.75) is 55.6 Å². The molecule has 2 rings (SSSR count). The zero-order chi connectivity index (χ0) is 11.4. The molecule has 2 aliphatic rings. The molecule has 0 N–H and O–H groups in total. The summed E-state index contributed by atoms with van der Waals surface area (Å²) in [5.41, 5.74) is 0. The van der Waals surface area contributed by atoms with E-state index in [1.54, 1.807) is 0 Å². The first-order valence-electron chi connectivity index (χ1n) is 6.18. The van der Waals surface area contributed by atoms with Crippen LogP contribution in [0.1, 0.15) is 45.4 Å². The van der Waals surface area contributed by atoms with Crippen molar-refractivity contribution in [3.05, 3.63) is 0 Å². The highest BCUT2D eigenvalue weighted by Crippen LogP contribution is 2.50. The Labute approximate surface area is 106 Å². The predicted molar refractivity (Wildman–Crippen MR) is 70.9 cm³/mol. The summed E-state index contributed by atoms with van der Waals surface area (Å²) < 4.78 is 5.81. The van der Waals surface area contributed by atoms with E-state index in [9.17, 15) is 4.79 Å². The van der Waals surface area contributed by atoms with Crippen molar-refractivity contribution in [2.24, 2.45) is 0 Å². The smallest absolute Gasteiger partial charge is 0.306 e. The molecule has 0 aromatic carbocycles. The van der Waals surface area contributed by atoms with Crippen LogP contribution in [-0.4, -0.2) is 27.7 Å². The van der Waals surface area contributed by atoms with Crippen LogP contribution in [0.25, 0.3) is 0 Å². The molecular formula is C12H20O2S2. The Morgan fingerprint density at radius 3 is 2.75 bits per heavy atom. The molecule has 1 spiro atoms. The van der Waals surface area contributed by atoms with Crippen LogP contribution in [0.5, 0.6) is 0 Å². The molecule has 16 heavy (non-hydrogen) atoms. The highest BCUT2D eigenvalue weighted by atomic mass is 32.2. The fourth-order valence-corrected chi connectivity index (χ4v) is 5.69. The summed E-state index contributed by atoms with van der Waals surface area (Å²) in [6.07, 6.45) is 6.35. The normalized spacial score (nSPS) is 31.3. The predicted octanol–water partition coefficient (Wildman–Crippen LogP) is 3.45.